The summed E-state index contributed by atoms with van der Waals surface area (Å²) in [6, 6.07) is 5.79. The second-order valence-electron chi connectivity index (χ2n) is 7.90. The SMILES string of the molecule is O=S(=O)(c1ccc2c(c1)CCCC2)N1CCC(CN2CCOCC2)CC1. The van der Waals surface area contributed by atoms with Crippen LogP contribution < -0.4 is 0 Å². The zero-order chi connectivity index (χ0) is 18.0. The lowest BCUT2D eigenvalue weighted by atomic mass is 9.92. The van der Waals surface area contributed by atoms with Crippen LogP contribution in [0.4, 0.5) is 0 Å². The summed E-state index contributed by atoms with van der Waals surface area (Å²) in [5.41, 5.74) is 2.57. The normalized spacial score (nSPS) is 23.7. The van der Waals surface area contributed by atoms with Gasteiger partial charge in [-0.2, -0.15) is 4.31 Å². The number of hydrogen-bond acceptors (Lipinski definition) is 4. The Labute approximate surface area is 157 Å². The first-order valence-corrected chi connectivity index (χ1v) is 11.5. The molecule has 4 rings (SSSR count). The molecule has 2 fully saturated rings. The van der Waals surface area contributed by atoms with Gasteiger partial charge in [-0.05, 0) is 67.7 Å². The third-order valence-electron chi connectivity index (χ3n) is 6.15. The van der Waals surface area contributed by atoms with E-state index < -0.39 is 10.0 Å². The minimum Gasteiger partial charge on any atom is -0.379 e. The summed E-state index contributed by atoms with van der Waals surface area (Å²) >= 11 is 0. The molecule has 5 nitrogen and oxygen atoms in total. The fourth-order valence-electron chi connectivity index (χ4n) is 4.50. The first kappa shape index (κ1) is 18.4. The fraction of sp³-hybridized carbons (Fsp3) is 0.700. The van der Waals surface area contributed by atoms with E-state index in [1.807, 2.05) is 18.2 Å². The van der Waals surface area contributed by atoms with Gasteiger partial charge in [-0.1, -0.05) is 6.07 Å². The number of benzene rings is 1. The molecule has 0 bridgehead atoms. The number of sulfonamides is 1. The van der Waals surface area contributed by atoms with Crippen molar-refractivity contribution in [2.45, 2.75) is 43.4 Å². The van der Waals surface area contributed by atoms with E-state index in [-0.39, 0.29) is 0 Å². The Bertz CT molecular complexity index is 721. The van der Waals surface area contributed by atoms with Gasteiger partial charge in [0.1, 0.15) is 0 Å². The van der Waals surface area contributed by atoms with E-state index in [1.165, 1.54) is 24.0 Å². The summed E-state index contributed by atoms with van der Waals surface area (Å²) in [5, 5.41) is 0. The van der Waals surface area contributed by atoms with Crippen LogP contribution in [0.25, 0.3) is 0 Å². The highest BCUT2D eigenvalue weighted by Crippen LogP contribution is 2.28. The minimum atomic E-state index is -3.35. The molecule has 1 aliphatic carbocycles. The molecular weight excluding hydrogens is 348 g/mol. The van der Waals surface area contributed by atoms with Gasteiger partial charge in [0.2, 0.25) is 10.0 Å². The number of nitrogens with zero attached hydrogens (tertiary/aromatic N) is 2. The predicted octanol–water partition coefficient (Wildman–Crippen LogP) is 2.30. The zero-order valence-electron chi connectivity index (χ0n) is 15.5. The minimum absolute atomic E-state index is 0.491. The van der Waals surface area contributed by atoms with Gasteiger partial charge in [0, 0.05) is 32.7 Å². The standard InChI is InChI=1S/C20H30N2O3S/c23-26(24,20-6-5-18-3-1-2-4-19(18)15-20)22-9-7-17(8-10-22)16-21-11-13-25-14-12-21/h5-6,15,17H,1-4,7-14,16H2. The van der Waals surface area contributed by atoms with Gasteiger partial charge in [-0.3, -0.25) is 4.90 Å². The van der Waals surface area contributed by atoms with Crippen molar-refractivity contribution < 1.29 is 13.2 Å². The number of rotatable bonds is 4. The molecule has 1 aromatic rings. The Morgan fingerprint density at radius 2 is 1.65 bits per heavy atom. The third kappa shape index (κ3) is 3.98. The van der Waals surface area contributed by atoms with Crippen molar-refractivity contribution >= 4 is 10.0 Å². The summed E-state index contributed by atoms with van der Waals surface area (Å²) in [4.78, 5) is 2.95. The van der Waals surface area contributed by atoms with Crippen LogP contribution in [0.5, 0.6) is 0 Å². The van der Waals surface area contributed by atoms with Crippen molar-refractivity contribution in [1.82, 2.24) is 9.21 Å². The fourth-order valence-corrected chi connectivity index (χ4v) is 6.02. The predicted molar refractivity (Wildman–Crippen MR) is 102 cm³/mol. The molecule has 2 aliphatic heterocycles. The van der Waals surface area contributed by atoms with E-state index in [9.17, 15) is 8.42 Å². The number of aryl methyl sites for hydroxylation is 2. The lowest BCUT2D eigenvalue weighted by Crippen LogP contribution is -2.44. The summed E-state index contributed by atoms with van der Waals surface area (Å²) in [7, 11) is -3.35. The molecule has 0 aromatic heterocycles. The molecule has 0 radical (unpaired) electrons. The topological polar surface area (TPSA) is 49.9 Å². The van der Waals surface area contributed by atoms with Crippen molar-refractivity contribution in [3.8, 4) is 0 Å². The number of hydrogen-bond donors (Lipinski definition) is 0. The van der Waals surface area contributed by atoms with E-state index in [1.54, 1.807) is 4.31 Å². The van der Waals surface area contributed by atoms with Crippen molar-refractivity contribution in [2.75, 3.05) is 45.9 Å². The molecule has 1 aromatic carbocycles. The highest BCUT2D eigenvalue weighted by atomic mass is 32.2. The summed E-state index contributed by atoms with van der Waals surface area (Å²) in [5.74, 6) is 0.600. The van der Waals surface area contributed by atoms with Crippen LogP contribution in [0.1, 0.15) is 36.8 Å². The van der Waals surface area contributed by atoms with Gasteiger partial charge in [0.15, 0.2) is 0 Å². The highest BCUT2D eigenvalue weighted by molar-refractivity contribution is 7.89. The van der Waals surface area contributed by atoms with Crippen LogP contribution >= 0.6 is 0 Å². The van der Waals surface area contributed by atoms with Gasteiger partial charge in [0.05, 0.1) is 18.1 Å². The first-order chi connectivity index (χ1) is 12.6. The molecule has 0 saturated carbocycles. The van der Waals surface area contributed by atoms with Crippen molar-refractivity contribution in [2.24, 2.45) is 5.92 Å². The number of ether oxygens (including phenoxy) is 1. The maximum atomic E-state index is 13.1. The monoisotopic (exact) mass is 378 g/mol. The van der Waals surface area contributed by atoms with Gasteiger partial charge in [-0.15, -0.1) is 0 Å². The average molecular weight is 379 g/mol. The van der Waals surface area contributed by atoms with Crippen LogP contribution in [-0.4, -0.2) is 63.6 Å². The third-order valence-corrected chi connectivity index (χ3v) is 8.05. The second-order valence-corrected chi connectivity index (χ2v) is 9.84. The first-order valence-electron chi connectivity index (χ1n) is 10.0. The molecule has 0 spiro atoms. The van der Waals surface area contributed by atoms with Crippen molar-refractivity contribution in [1.29, 1.82) is 0 Å². The van der Waals surface area contributed by atoms with Gasteiger partial charge in [-0.25, -0.2) is 8.42 Å². The largest absolute Gasteiger partial charge is 0.379 e. The summed E-state index contributed by atoms with van der Waals surface area (Å²) in [6.45, 7) is 6.04. The summed E-state index contributed by atoms with van der Waals surface area (Å²) < 4.78 is 33.2. The maximum absolute atomic E-state index is 13.1. The highest BCUT2D eigenvalue weighted by Gasteiger charge is 2.30. The van der Waals surface area contributed by atoms with Crippen LogP contribution in [0.2, 0.25) is 0 Å². The quantitative estimate of drug-likeness (QED) is 0.807. The van der Waals surface area contributed by atoms with Crippen molar-refractivity contribution in [3.63, 3.8) is 0 Å². The van der Waals surface area contributed by atoms with Gasteiger partial charge < -0.3 is 4.74 Å². The van der Waals surface area contributed by atoms with Crippen LogP contribution in [0.3, 0.4) is 0 Å². The number of piperidine rings is 1. The summed E-state index contributed by atoms with van der Waals surface area (Å²) in [6.07, 6.45) is 6.41. The Morgan fingerprint density at radius 3 is 2.38 bits per heavy atom. The number of morpholine rings is 1. The zero-order valence-corrected chi connectivity index (χ0v) is 16.3. The lowest BCUT2D eigenvalue weighted by molar-refractivity contribution is 0.0269. The Morgan fingerprint density at radius 1 is 0.962 bits per heavy atom. The molecule has 3 aliphatic rings. The Hall–Kier alpha value is -0.950. The smallest absolute Gasteiger partial charge is 0.243 e. The van der Waals surface area contributed by atoms with E-state index >= 15 is 0 Å². The van der Waals surface area contributed by atoms with Crippen LogP contribution in [0.15, 0.2) is 23.1 Å². The maximum Gasteiger partial charge on any atom is 0.243 e. The van der Waals surface area contributed by atoms with Crippen LogP contribution in [0, 0.1) is 5.92 Å². The van der Waals surface area contributed by atoms with Crippen molar-refractivity contribution in [3.05, 3.63) is 29.3 Å². The molecule has 0 unspecified atom stereocenters. The lowest BCUT2D eigenvalue weighted by Gasteiger charge is -2.35. The molecule has 2 heterocycles. The van der Waals surface area contributed by atoms with Crippen LogP contribution in [-0.2, 0) is 27.6 Å². The molecule has 2 saturated heterocycles. The Kier molecular flexibility index (Phi) is 5.64. The van der Waals surface area contributed by atoms with E-state index in [2.05, 4.69) is 4.90 Å². The number of fused-ring (bicyclic) bond motifs is 1. The molecule has 144 valence electrons. The van der Waals surface area contributed by atoms with E-state index in [4.69, 9.17) is 4.74 Å². The molecule has 26 heavy (non-hydrogen) atoms. The van der Waals surface area contributed by atoms with E-state index in [0.717, 1.165) is 58.5 Å². The molecule has 0 amide bonds. The molecule has 0 atom stereocenters. The van der Waals surface area contributed by atoms with Gasteiger partial charge in [0.25, 0.3) is 0 Å². The second kappa shape index (κ2) is 7.97. The van der Waals surface area contributed by atoms with E-state index in [0.29, 0.717) is 23.9 Å². The Balaban J connectivity index is 1.38. The molecular formula is C20H30N2O3S. The van der Waals surface area contributed by atoms with Gasteiger partial charge >= 0.3 is 0 Å². The molecule has 6 heteroatoms. The molecule has 0 N–H and O–H groups in total. The average Bonchev–Trinajstić information content (AvgIpc) is 2.69.